The third-order valence-corrected chi connectivity index (χ3v) is 9.06. The molecule has 0 atom stereocenters. The summed E-state index contributed by atoms with van der Waals surface area (Å²) < 4.78 is 0. The van der Waals surface area contributed by atoms with E-state index < -0.39 is 17.3 Å². The van der Waals surface area contributed by atoms with Gasteiger partial charge in [0.05, 0.1) is 0 Å². The molecule has 0 bridgehead atoms. The second-order valence-electron chi connectivity index (χ2n) is 12.6. The van der Waals surface area contributed by atoms with Gasteiger partial charge in [-0.3, -0.25) is 28.8 Å². The average molecular weight is 703 g/mol. The number of benzene rings is 7. The third-order valence-electron chi connectivity index (χ3n) is 9.06. The molecule has 0 fully saturated rings. The zero-order valence-electron chi connectivity index (χ0n) is 28.8. The Hall–Kier alpha value is -7.44. The Balaban J connectivity index is 1.21. The Morgan fingerprint density at radius 3 is 0.519 bits per heavy atom. The van der Waals surface area contributed by atoms with Crippen molar-refractivity contribution in [2.45, 2.75) is 0 Å². The van der Waals surface area contributed by atoms with Crippen molar-refractivity contribution in [1.29, 1.82) is 0 Å². The van der Waals surface area contributed by atoms with Crippen LogP contribution in [0.3, 0.4) is 0 Å². The number of carbonyl (C=O) groups excluding carboxylic acids is 6. The highest BCUT2D eigenvalue weighted by Gasteiger charge is 2.21. The van der Waals surface area contributed by atoms with Crippen molar-refractivity contribution in [2.24, 2.45) is 0 Å². The predicted molar refractivity (Wildman–Crippen MR) is 206 cm³/mol. The zero-order chi connectivity index (χ0) is 37.6. The van der Waals surface area contributed by atoms with Crippen LogP contribution < -0.4 is 0 Å². The molecule has 0 aliphatic carbocycles. The van der Waals surface area contributed by atoms with Crippen LogP contribution in [0.2, 0.25) is 0 Å². The van der Waals surface area contributed by atoms with E-state index in [-0.39, 0.29) is 50.7 Å². The van der Waals surface area contributed by atoms with Crippen LogP contribution in [0.15, 0.2) is 182 Å². The number of ketones is 6. The van der Waals surface area contributed by atoms with Gasteiger partial charge in [0.15, 0.2) is 34.7 Å². The van der Waals surface area contributed by atoms with Crippen molar-refractivity contribution < 1.29 is 28.8 Å². The molecule has 0 amide bonds. The first-order valence-electron chi connectivity index (χ1n) is 17.2. The Morgan fingerprint density at radius 2 is 0.333 bits per heavy atom. The van der Waals surface area contributed by atoms with Gasteiger partial charge in [-0.15, -0.1) is 0 Å². The summed E-state index contributed by atoms with van der Waals surface area (Å²) >= 11 is 0. The van der Waals surface area contributed by atoms with Crippen LogP contribution >= 0.6 is 0 Å². The molecule has 0 N–H and O–H groups in total. The Labute approximate surface area is 311 Å². The standard InChI is InChI=1S/C48H30O6/c49-43(31-10-4-1-5-11-31)34-16-22-37(23-17-34)46(52)40-28-41(47(53)38-24-18-35(19-25-38)44(50)32-12-6-2-7-13-32)30-42(29-40)48(54)39-26-20-36(21-27-39)45(51)33-14-8-3-9-15-33/h1-30H. The molecule has 258 valence electrons. The SMILES string of the molecule is O=C(c1ccccc1)c1ccc(C(=O)c2cc(C(=O)c3ccc(C(=O)c4ccccc4)cc3)cc(C(=O)c3ccc(C(=O)c4ccccc4)cc3)c2)cc1. The number of hydrogen-bond acceptors (Lipinski definition) is 6. The Kier molecular flexibility index (Phi) is 10.00. The normalized spacial score (nSPS) is 10.7. The van der Waals surface area contributed by atoms with Gasteiger partial charge in [0.1, 0.15) is 0 Å². The maximum Gasteiger partial charge on any atom is 0.193 e. The second kappa shape index (κ2) is 15.4. The summed E-state index contributed by atoms with van der Waals surface area (Å²) in [6.07, 6.45) is 0. The maximum absolute atomic E-state index is 13.9. The van der Waals surface area contributed by atoms with E-state index in [4.69, 9.17) is 0 Å². The number of rotatable bonds is 12. The molecule has 0 aliphatic heterocycles. The topological polar surface area (TPSA) is 102 Å². The molecule has 0 radical (unpaired) electrons. The van der Waals surface area contributed by atoms with E-state index in [9.17, 15) is 28.8 Å². The van der Waals surface area contributed by atoms with Gasteiger partial charge in [0, 0.05) is 66.8 Å². The van der Waals surface area contributed by atoms with Gasteiger partial charge in [-0.1, -0.05) is 164 Å². The van der Waals surface area contributed by atoms with Gasteiger partial charge < -0.3 is 0 Å². The van der Waals surface area contributed by atoms with E-state index in [1.54, 1.807) is 146 Å². The quantitative estimate of drug-likeness (QED) is 0.118. The van der Waals surface area contributed by atoms with Crippen LogP contribution in [0.25, 0.3) is 0 Å². The minimum Gasteiger partial charge on any atom is -0.289 e. The molecule has 7 rings (SSSR count). The van der Waals surface area contributed by atoms with E-state index in [0.29, 0.717) is 33.4 Å². The number of hydrogen-bond donors (Lipinski definition) is 0. The second-order valence-corrected chi connectivity index (χ2v) is 12.6. The van der Waals surface area contributed by atoms with Crippen LogP contribution in [-0.4, -0.2) is 34.7 Å². The average Bonchev–Trinajstić information content (AvgIpc) is 3.25. The predicted octanol–water partition coefficient (Wildman–Crippen LogP) is 9.07. The molecule has 54 heavy (non-hydrogen) atoms. The van der Waals surface area contributed by atoms with E-state index in [2.05, 4.69) is 0 Å². The van der Waals surface area contributed by atoms with Gasteiger partial charge in [0.25, 0.3) is 0 Å². The first-order chi connectivity index (χ1) is 26.3. The van der Waals surface area contributed by atoms with E-state index in [1.807, 2.05) is 18.2 Å². The largest absolute Gasteiger partial charge is 0.289 e. The molecule has 6 heteroatoms. The summed E-state index contributed by atoms with van der Waals surface area (Å²) in [5, 5.41) is 0. The minimum atomic E-state index is -0.454. The summed E-state index contributed by atoms with van der Waals surface area (Å²) in [4.78, 5) is 80.7. The highest BCUT2D eigenvalue weighted by molar-refractivity contribution is 6.18. The van der Waals surface area contributed by atoms with Gasteiger partial charge in [-0.25, -0.2) is 0 Å². The molecule has 0 saturated carbocycles. The van der Waals surface area contributed by atoms with Crippen LogP contribution in [0.5, 0.6) is 0 Å². The summed E-state index contributed by atoms with van der Waals surface area (Å²) in [6.45, 7) is 0. The fraction of sp³-hybridized carbons (Fsp3) is 0. The molecule has 7 aromatic carbocycles. The van der Waals surface area contributed by atoms with E-state index in [0.717, 1.165) is 0 Å². The first kappa shape index (κ1) is 35.0. The van der Waals surface area contributed by atoms with E-state index in [1.165, 1.54) is 18.2 Å². The lowest BCUT2D eigenvalue weighted by Crippen LogP contribution is -2.11. The van der Waals surface area contributed by atoms with E-state index >= 15 is 0 Å². The van der Waals surface area contributed by atoms with Crippen molar-refractivity contribution in [2.75, 3.05) is 0 Å². The fourth-order valence-electron chi connectivity index (χ4n) is 6.11. The summed E-state index contributed by atoms with van der Waals surface area (Å²) in [6, 6.07) is 49.4. The molecule has 0 saturated heterocycles. The van der Waals surface area contributed by atoms with Crippen molar-refractivity contribution in [3.05, 3.63) is 249 Å². The smallest absolute Gasteiger partial charge is 0.193 e. The number of carbonyl (C=O) groups is 6. The fourth-order valence-corrected chi connectivity index (χ4v) is 6.11. The molecule has 6 nitrogen and oxygen atoms in total. The molecule has 0 aliphatic rings. The van der Waals surface area contributed by atoms with Gasteiger partial charge in [-0.05, 0) is 18.2 Å². The van der Waals surface area contributed by atoms with Gasteiger partial charge >= 0.3 is 0 Å². The van der Waals surface area contributed by atoms with Crippen molar-refractivity contribution >= 4 is 34.7 Å². The minimum absolute atomic E-state index is 0.0955. The third kappa shape index (κ3) is 7.45. The Morgan fingerprint density at radius 1 is 0.185 bits per heavy atom. The van der Waals surface area contributed by atoms with Crippen molar-refractivity contribution in [1.82, 2.24) is 0 Å². The maximum atomic E-state index is 13.9. The van der Waals surface area contributed by atoms with Gasteiger partial charge in [0.2, 0.25) is 0 Å². The summed E-state index contributed by atoms with van der Waals surface area (Å²) in [5.41, 5.74) is 3.82. The molecular formula is C48H30O6. The molecule has 0 heterocycles. The Bertz CT molecular complexity index is 2240. The molecule has 0 unspecified atom stereocenters. The highest BCUT2D eigenvalue weighted by atomic mass is 16.1. The summed E-state index contributed by atoms with van der Waals surface area (Å²) in [7, 11) is 0. The molecule has 0 aromatic heterocycles. The first-order valence-corrected chi connectivity index (χ1v) is 17.2. The summed E-state index contributed by atoms with van der Waals surface area (Å²) in [5.74, 6) is -1.94. The zero-order valence-corrected chi connectivity index (χ0v) is 28.8. The highest BCUT2D eigenvalue weighted by Crippen LogP contribution is 2.23. The van der Waals surface area contributed by atoms with Crippen LogP contribution in [0, 0.1) is 0 Å². The van der Waals surface area contributed by atoms with Gasteiger partial charge in [-0.2, -0.15) is 0 Å². The molecular weight excluding hydrogens is 673 g/mol. The van der Waals surface area contributed by atoms with Crippen LogP contribution in [-0.2, 0) is 0 Å². The lowest BCUT2D eigenvalue weighted by molar-refractivity contribution is 0.102. The van der Waals surface area contributed by atoms with Crippen LogP contribution in [0.4, 0.5) is 0 Å². The molecule has 0 spiro atoms. The monoisotopic (exact) mass is 702 g/mol. The van der Waals surface area contributed by atoms with Crippen LogP contribution in [0.1, 0.15) is 95.5 Å². The van der Waals surface area contributed by atoms with Crippen molar-refractivity contribution in [3.63, 3.8) is 0 Å². The lowest BCUT2D eigenvalue weighted by Gasteiger charge is -2.11. The van der Waals surface area contributed by atoms with Crippen molar-refractivity contribution in [3.8, 4) is 0 Å². The molecule has 7 aromatic rings. The lowest BCUT2D eigenvalue weighted by atomic mass is 9.91.